The predicted molar refractivity (Wildman–Crippen MR) is 51.2 cm³/mol. The number of nitrogens with one attached hydrogen (secondary N) is 1. The monoisotopic (exact) mass is 195 g/mol. The number of fused-ring (bicyclic) bond motifs is 1. The maximum absolute atomic E-state index is 5.98. The van der Waals surface area contributed by atoms with Gasteiger partial charge in [-0.25, -0.2) is 4.98 Å². The molecule has 0 unspecified atom stereocenters. The van der Waals surface area contributed by atoms with Crippen molar-refractivity contribution in [2.45, 2.75) is 6.92 Å². The van der Waals surface area contributed by atoms with Crippen LogP contribution in [0.2, 0.25) is 5.02 Å². The van der Waals surface area contributed by atoms with E-state index in [-0.39, 0.29) is 0 Å². The molecule has 0 amide bonds. The van der Waals surface area contributed by atoms with Crippen molar-refractivity contribution in [3.63, 3.8) is 0 Å². The molecular formula is C9H8ClN2O. The molecule has 67 valence electrons. The SMILES string of the molecule is COc1c(Cl)cc2[nH][c]nc2c1C. The van der Waals surface area contributed by atoms with E-state index >= 15 is 0 Å². The van der Waals surface area contributed by atoms with Crippen LogP contribution in [0, 0.1) is 13.3 Å². The molecule has 0 fully saturated rings. The molecule has 2 aromatic rings. The zero-order valence-corrected chi connectivity index (χ0v) is 8.07. The van der Waals surface area contributed by atoms with Gasteiger partial charge in [0.05, 0.1) is 23.2 Å². The van der Waals surface area contributed by atoms with E-state index in [0.717, 1.165) is 16.6 Å². The molecule has 0 bridgehead atoms. The summed E-state index contributed by atoms with van der Waals surface area (Å²) < 4.78 is 5.15. The van der Waals surface area contributed by atoms with Gasteiger partial charge in [-0.05, 0) is 13.0 Å². The van der Waals surface area contributed by atoms with Crippen molar-refractivity contribution in [3.05, 3.63) is 23.0 Å². The Morgan fingerprint density at radius 2 is 2.38 bits per heavy atom. The number of ether oxygens (including phenoxy) is 1. The summed E-state index contributed by atoms with van der Waals surface area (Å²) in [7, 11) is 1.59. The van der Waals surface area contributed by atoms with E-state index in [2.05, 4.69) is 16.3 Å². The first-order chi connectivity index (χ1) is 6.24. The van der Waals surface area contributed by atoms with Crippen LogP contribution in [0.5, 0.6) is 5.75 Å². The van der Waals surface area contributed by atoms with Crippen LogP contribution < -0.4 is 4.74 Å². The van der Waals surface area contributed by atoms with Gasteiger partial charge in [-0.3, -0.25) is 0 Å². The van der Waals surface area contributed by atoms with Crippen LogP contribution in [0.25, 0.3) is 11.0 Å². The molecule has 1 aromatic carbocycles. The topological polar surface area (TPSA) is 37.9 Å². The lowest BCUT2D eigenvalue weighted by Gasteiger charge is -2.06. The van der Waals surface area contributed by atoms with E-state index in [1.807, 2.05) is 6.92 Å². The third kappa shape index (κ3) is 1.16. The molecule has 0 spiro atoms. The molecule has 0 aliphatic heterocycles. The summed E-state index contributed by atoms with van der Waals surface area (Å²) in [6.07, 6.45) is 2.67. The van der Waals surface area contributed by atoms with Crippen LogP contribution in [0.4, 0.5) is 0 Å². The van der Waals surface area contributed by atoms with Crippen LogP contribution in [0.15, 0.2) is 6.07 Å². The lowest BCUT2D eigenvalue weighted by Crippen LogP contribution is -1.89. The summed E-state index contributed by atoms with van der Waals surface area (Å²) in [6, 6.07) is 1.78. The Balaban J connectivity index is 2.85. The summed E-state index contributed by atoms with van der Waals surface area (Å²) in [5, 5.41) is 0.588. The number of benzene rings is 1. The zero-order chi connectivity index (χ0) is 9.42. The average Bonchev–Trinajstić information content (AvgIpc) is 2.53. The number of halogens is 1. The van der Waals surface area contributed by atoms with Gasteiger partial charge in [-0.2, -0.15) is 0 Å². The molecule has 1 aromatic heterocycles. The van der Waals surface area contributed by atoms with Crippen LogP contribution in [-0.4, -0.2) is 17.1 Å². The Morgan fingerprint density at radius 3 is 3.08 bits per heavy atom. The Labute approximate surface area is 80.7 Å². The van der Waals surface area contributed by atoms with Crippen molar-refractivity contribution in [3.8, 4) is 5.75 Å². The largest absolute Gasteiger partial charge is 0.495 e. The molecule has 0 saturated carbocycles. The fourth-order valence-corrected chi connectivity index (χ4v) is 1.71. The molecule has 2 rings (SSSR count). The molecule has 0 aliphatic carbocycles. The molecule has 0 saturated heterocycles. The summed E-state index contributed by atoms with van der Waals surface area (Å²) in [5.74, 6) is 0.676. The van der Waals surface area contributed by atoms with E-state index in [4.69, 9.17) is 16.3 Å². The fraction of sp³-hybridized carbons (Fsp3) is 0.222. The minimum absolute atomic E-state index is 0.588. The molecule has 1 radical (unpaired) electrons. The van der Waals surface area contributed by atoms with Gasteiger partial charge < -0.3 is 9.72 Å². The van der Waals surface area contributed by atoms with Crippen LogP contribution in [-0.2, 0) is 0 Å². The summed E-state index contributed by atoms with van der Waals surface area (Å²) in [4.78, 5) is 6.93. The first kappa shape index (κ1) is 8.38. The minimum Gasteiger partial charge on any atom is -0.495 e. The van der Waals surface area contributed by atoms with Crippen molar-refractivity contribution in [2.24, 2.45) is 0 Å². The highest BCUT2D eigenvalue weighted by atomic mass is 35.5. The van der Waals surface area contributed by atoms with E-state index in [0.29, 0.717) is 10.8 Å². The standard InChI is InChI=1S/C9H8ClN2O/c1-5-8-7(11-4-12-8)3-6(10)9(5)13-2/h3H,1-2H3,(H,11,12). The van der Waals surface area contributed by atoms with Gasteiger partial charge in [0.1, 0.15) is 5.75 Å². The van der Waals surface area contributed by atoms with E-state index in [1.54, 1.807) is 13.2 Å². The van der Waals surface area contributed by atoms with Crippen LogP contribution in [0.1, 0.15) is 5.56 Å². The van der Waals surface area contributed by atoms with Crippen molar-refractivity contribution in [1.29, 1.82) is 0 Å². The maximum atomic E-state index is 5.98. The van der Waals surface area contributed by atoms with Crippen molar-refractivity contribution in [1.82, 2.24) is 9.97 Å². The molecule has 13 heavy (non-hydrogen) atoms. The molecular weight excluding hydrogens is 188 g/mol. The minimum atomic E-state index is 0.588. The van der Waals surface area contributed by atoms with E-state index in [9.17, 15) is 0 Å². The number of aryl methyl sites for hydroxylation is 1. The summed E-state index contributed by atoms with van der Waals surface area (Å²) >= 11 is 5.98. The Morgan fingerprint density at radius 1 is 1.62 bits per heavy atom. The lowest BCUT2D eigenvalue weighted by atomic mass is 10.2. The number of H-pyrrole nitrogens is 1. The van der Waals surface area contributed by atoms with Gasteiger partial charge in [0.15, 0.2) is 6.33 Å². The Kier molecular flexibility index (Phi) is 1.88. The highest BCUT2D eigenvalue weighted by Gasteiger charge is 2.10. The third-order valence-corrected chi connectivity index (χ3v) is 2.28. The number of rotatable bonds is 1. The lowest BCUT2D eigenvalue weighted by molar-refractivity contribution is 0.412. The van der Waals surface area contributed by atoms with Gasteiger partial charge in [0, 0.05) is 5.56 Å². The first-order valence-corrected chi connectivity index (χ1v) is 4.20. The number of hydrogen-bond donors (Lipinski definition) is 1. The number of aromatic amines is 1. The second-order valence-corrected chi connectivity index (χ2v) is 3.17. The normalized spacial score (nSPS) is 10.7. The van der Waals surface area contributed by atoms with Gasteiger partial charge in [0.25, 0.3) is 0 Å². The quantitative estimate of drug-likeness (QED) is 0.759. The van der Waals surface area contributed by atoms with Crippen molar-refractivity contribution >= 4 is 22.6 Å². The molecule has 4 heteroatoms. The highest BCUT2D eigenvalue weighted by Crippen LogP contribution is 2.32. The Bertz CT molecular complexity index is 450. The average molecular weight is 196 g/mol. The van der Waals surface area contributed by atoms with Gasteiger partial charge in [-0.1, -0.05) is 11.6 Å². The summed E-state index contributed by atoms with van der Waals surface area (Å²) in [6.45, 7) is 1.92. The number of nitrogens with zero attached hydrogens (tertiary/aromatic N) is 1. The Hall–Kier alpha value is -1.22. The predicted octanol–water partition coefficient (Wildman–Crippen LogP) is 2.33. The van der Waals surface area contributed by atoms with Gasteiger partial charge in [-0.15, -0.1) is 0 Å². The first-order valence-electron chi connectivity index (χ1n) is 3.83. The zero-order valence-electron chi connectivity index (χ0n) is 7.31. The number of hydrogen-bond acceptors (Lipinski definition) is 2. The molecule has 1 heterocycles. The summed E-state index contributed by atoms with van der Waals surface area (Å²) in [5.41, 5.74) is 2.66. The van der Waals surface area contributed by atoms with Crippen molar-refractivity contribution in [2.75, 3.05) is 7.11 Å². The van der Waals surface area contributed by atoms with Crippen LogP contribution >= 0.6 is 11.6 Å². The molecule has 1 N–H and O–H groups in total. The van der Waals surface area contributed by atoms with Gasteiger partial charge >= 0.3 is 0 Å². The van der Waals surface area contributed by atoms with E-state index in [1.165, 1.54) is 0 Å². The van der Waals surface area contributed by atoms with Crippen LogP contribution in [0.3, 0.4) is 0 Å². The number of aromatic nitrogens is 2. The molecule has 3 nitrogen and oxygen atoms in total. The number of methoxy groups -OCH3 is 1. The fourth-order valence-electron chi connectivity index (χ4n) is 1.38. The second-order valence-electron chi connectivity index (χ2n) is 2.76. The molecule has 0 atom stereocenters. The van der Waals surface area contributed by atoms with E-state index < -0.39 is 0 Å². The smallest absolute Gasteiger partial charge is 0.174 e. The number of imidazole rings is 1. The maximum Gasteiger partial charge on any atom is 0.174 e. The third-order valence-electron chi connectivity index (χ3n) is 2.00. The highest BCUT2D eigenvalue weighted by molar-refractivity contribution is 6.33. The van der Waals surface area contributed by atoms with Crippen molar-refractivity contribution < 1.29 is 4.74 Å². The second kappa shape index (κ2) is 2.92. The van der Waals surface area contributed by atoms with Gasteiger partial charge in [0.2, 0.25) is 0 Å². The molecule has 0 aliphatic rings.